The number of carbonyl (C=O) groups is 1. The summed E-state index contributed by atoms with van der Waals surface area (Å²) in [4.78, 5) is 14.4. The van der Waals surface area contributed by atoms with Gasteiger partial charge in [-0.15, -0.1) is 10.2 Å². The molecule has 1 aliphatic heterocycles. The van der Waals surface area contributed by atoms with Gasteiger partial charge in [0.1, 0.15) is 0 Å². The summed E-state index contributed by atoms with van der Waals surface area (Å²) in [7, 11) is 0. The van der Waals surface area contributed by atoms with Gasteiger partial charge >= 0.3 is 0 Å². The van der Waals surface area contributed by atoms with Crippen molar-refractivity contribution in [3.8, 4) is 0 Å². The smallest absolute Gasteiger partial charge is 0.271 e. The van der Waals surface area contributed by atoms with Crippen LogP contribution in [0.3, 0.4) is 0 Å². The number of piperidine rings is 1. The van der Waals surface area contributed by atoms with Crippen molar-refractivity contribution in [2.45, 2.75) is 51.9 Å². The molecule has 2 heterocycles. The second-order valence-electron chi connectivity index (χ2n) is 7.06. The number of anilines is 1. The predicted molar refractivity (Wildman–Crippen MR) is 96.1 cm³/mol. The topological polar surface area (TPSA) is 58.1 Å². The van der Waals surface area contributed by atoms with Gasteiger partial charge in [-0.1, -0.05) is 18.6 Å². The molecule has 24 heavy (non-hydrogen) atoms. The molecule has 0 radical (unpaired) electrons. The monoisotopic (exact) mass is 328 g/mol. The lowest BCUT2D eigenvalue weighted by atomic mass is 9.97. The van der Waals surface area contributed by atoms with Gasteiger partial charge in [0.15, 0.2) is 11.5 Å². The third-order valence-electron chi connectivity index (χ3n) is 5.11. The Labute approximate surface area is 144 Å². The highest BCUT2D eigenvalue weighted by Crippen LogP contribution is 2.21. The summed E-state index contributed by atoms with van der Waals surface area (Å²) in [5.41, 5.74) is 1.88. The molecule has 1 saturated heterocycles. The number of nitrogens with one attached hydrogen (secondary N) is 1. The molecular formula is C19H28N4O. The SMILES string of the molecule is CC1CCN(c2ccc(C(=O)NCCC3=CCCCC3)nn2)CC1. The minimum absolute atomic E-state index is 0.127. The van der Waals surface area contributed by atoms with E-state index in [9.17, 15) is 4.79 Å². The molecule has 1 N–H and O–H groups in total. The molecule has 1 fully saturated rings. The molecular weight excluding hydrogens is 300 g/mol. The van der Waals surface area contributed by atoms with Crippen LogP contribution in [0.15, 0.2) is 23.8 Å². The van der Waals surface area contributed by atoms with Gasteiger partial charge in [0.2, 0.25) is 0 Å². The van der Waals surface area contributed by atoms with Crippen LogP contribution in [-0.4, -0.2) is 35.7 Å². The highest BCUT2D eigenvalue weighted by atomic mass is 16.1. The zero-order chi connectivity index (χ0) is 16.8. The van der Waals surface area contributed by atoms with Crippen LogP contribution >= 0.6 is 0 Å². The Morgan fingerprint density at radius 3 is 2.75 bits per heavy atom. The van der Waals surface area contributed by atoms with E-state index in [0.29, 0.717) is 12.2 Å². The van der Waals surface area contributed by atoms with E-state index in [1.807, 2.05) is 6.07 Å². The first-order valence-electron chi connectivity index (χ1n) is 9.27. The van der Waals surface area contributed by atoms with Gasteiger partial charge in [0.25, 0.3) is 5.91 Å². The predicted octanol–water partition coefficient (Wildman–Crippen LogP) is 3.33. The van der Waals surface area contributed by atoms with Crippen molar-refractivity contribution >= 4 is 11.7 Å². The Morgan fingerprint density at radius 2 is 2.08 bits per heavy atom. The Balaban J connectivity index is 1.47. The van der Waals surface area contributed by atoms with Crippen molar-refractivity contribution in [3.05, 3.63) is 29.5 Å². The highest BCUT2D eigenvalue weighted by molar-refractivity contribution is 5.92. The molecule has 3 rings (SSSR count). The number of nitrogens with zero attached hydrogens (tertiary/aromatic N) is 3. The van der Waals surface area contributed by atoms with E-state index in [0.717, 1.165) is 31.2 Å². The standard InChI is InChI=1S/C19H28N4O/c1-15-10-13-23(14-11-15)18-8-7-17(21-22-18)19(24)20-12-9-16-5-3-2-4-6-16/h5,7-8,15H,2-4,6,9-14H2,1H3,(H,20,24). The molecule has 1 aromatic heterocycles. The Morgan fingerprint density at radius 1 is 1.25 bits per heavy atom. The molecule has 5 nitrogen and oxygen atoms in total. The van der Waals surface area contributed by atoms with Crippen molar-refractivity contribution in [3.63, 3.8) is 0 Å². The third-order valence-corrected chi connectivity index (χ3v) is 5.11. The molecule has 0 aromatic carbocycles. The van der Waals surface area contributed by atoms with Crippen LogP contribution in [0, 0.1) is 5.92 Å². The minimum Gasteiger partial charge on any atom is -0.355 e. The molecule has 0 atom stereocenters. The fourth-order valence-electron chi connectivity index (χ4n) is 3.41. The summed E-state index contributed by atoms with van der Waals surface area (Å²) in [6, 6.07) is 3.71. The van der Waals surface area contributed by atoms with Gasteiger partial charge in [0, 0.05) is 19.6 Å². The largest absolute Gasteiger partial charge is 0.355 e. The van der Waals surface area contributed by atoms with Gasteiger partial charge in [-0.2, -0.15) is 0 Å². The van der Waals surface area contributed by atoms with Gasteiger partial charge in [0.05, 0.1) is 0 Å². The number of aromatic nitrogens is 2. The van der Waals surface area contributed by atoms with Crippen molar-refractivity contribution < 1.29 is 4.79 Å². The summed E-state index contributed by atoms with van der Waals surface area (Å²) in [5, 5.41) is 11.3. The Hall–Kier alpha value is -1.91. The molecule has 130 valence electrons. The normalized spacial score (nSPS) is 19.0. The van der Waals surface area contributed by atoms with E-state index in [1.165, 1.54) is 44.1 Å². The molecule has 0 bridgehead atoms. The molecule has 0 unspecified atom stereocenters. The summed E-state index contributed by atoms with van der Waals surface area (Å²) in [5.74, 6) is 1.54. The molecule has 0 spiro atoms. The Kier molecular flexibility index (Phi) is 5.83. The first-order chi connectivity index (χ1) is 11.7. The van der Waals surface area contributed by atoms with Crippen LogP contribution in [0.4, 0.5) is 5.82 Å². The fraction of sp³-hybridized carbons (Fsp3) is 0.632. The second kappa shape index (κ2) is 8.27. The number of rotatable bonds is 5. The first kappa shape index (κ1) is 16.9. The molecule has 1 amide bonds. The van der Waals surface area contributed by atoms with Gasteiger partial charge in [-0.25, -0.2) is 0 Å². The average Bonchev–Trinajstić information content (AvgIpc) is 2.63. The third kappa shape index (κ3) is 4.56. The van der Waals surface area contributed by atoms with Crippen LogP contribution in [0.2, 0.25) is 0 Å². The maximum atomic E-state index is 12.2. The number of allylic oxidation sites excluding steroid dienone is 1. The summed E-state index contributed by atoms with van der Waals surface area (Å²) in [6.07, 6.45) is 10.6. The fourth-order valence-corrected chi connectivity index (χ4v) is 3.41. The van der Waals surface area contributed by atoms with Gasteiger partial charge in [-0.05, 0) is 63.0 Å². The molecule has 0 saturated carbocycles. The zero-order valence-electron chi connectivity index (χ0n) is 14.6. The minimum atomic E-state index is -0.127. The molecule has 1 aliphatic carbocycles. The van der Waals surface area contributed by atoms with E-state index in [4.69, 9.17) is 0 Å². The molecule has 1 aromatic rings. The number of hydrogen-bond acceptors (Lipinski definition) is 4. The first-order valence-corrected chi connectivity index (χ1v) is 9.27. The maximum Gasteiger partial charge on any atom is 0.271 e. The highest BCUT2D eigenvalue weighted by Gasteiger charge is 2.18. The van der Waals surface area contributed by atoms with E-state index < -0.39 is 0 Å². The van der Waals surface area contributed by atoms with E-state index in [1.54, 1.807) is 6.07 Å². The van der Waals surface area contributed by atoms with Crippen molar-refractivity contribution in [2.24, 2.45) is 5.92 Å². The number of amides is 1. The lowest BCUT2D eigenvalue weighted by molar-refractivity contribution is 0.0948. The van der Waals surface area contributed by atoms with Crippen LogP contribution in [0.1, 0.15) is 62.4 Å². The molecule has 2 aliphatic rings. The average molecular weight is 328 g/mol. The lowest BCUT2D eigenvalue weighted by Gasteiger charge is -2.30. The maximum absolute atomic E-state index is 12.2. The van der Waals surface area contributed by atoms with Crippen LogP contribution in [0.25, 0.3) is 0 Å². The zero-order valence-corrected chi connectivity index (χ0v) is 14.6. The van der Waals surface area contributed by atoms with Crippen LogP contribution in [0.5, 0.6) is 0 Å². The van der Waals surface area contributed by atoms with E-state index >= 15 is 0 Å². The number of hydrogen-bond donors (Lipinski definition) is 1. The second-order valence-corrected chi connectivity index (χ2v) is 7.06. The quantitative estimate of drug-likeness (QED) is 0.842. The van der Waals surface area contributed by atoms with Gasteiger partial charge in [-0.3, -0.25) is 4.79 Å². The van der Waals surface area contributed by atoms with E-state index in [-0.39, 0.29) is 5.91 Å². The summed E-state index contributed by atoms with van der Waals surface area (Å²) >= 11 is 0. The summed E-state index contributed by atoms with van der Waals surface area (Å²) < 4.78 is 0. The lowest BCUT2D eigenvalue weighted by Crippen LogP contribution is -2.33. The number of carbonyl (C=O) groups excluding carboxylic acids is 1. The van der Waals surface area contributed by atoms with Crippen LogP contribution < -0.4 is 10.2 Å². The van der Waals surface area contributed by atoms with Crippen molar-refractivity contribution in [1.29, 1.82) is 0 Å². The van der Waals surface area contributed by atoms with Crippen molar-refractivity contribution in [2.75, 3.05) is 24.5 Å². The van der Waals surface area contributed by atoms with Gasteiger partial charge < -0.3 is 10.2 Å². The van der Waals surface area contributed by atoms with E-state index in [2.05, 4.69) is 33.4 Å². The molecule has 5 heteroatoms. The van der Waals surface area contributed by atoms with Crippen molar-refractivity contribution in [1.82, 2.24) is 15.5 Å². The van der Waals surface area contributed by atoms with Crippen LogP contribution in [-0.2, 0) is 0 Å². The Bertz CT molecular complexity index is 574. The summed E-state index contributed by atoms with van der Waals surface area (Å²) in [6.45, 7) is 5.02.